The van der Waals surface area contributed by atoms with Crippen molar-refractivity contribution in [1.29, 1.82) is 5.26 Å². The summed E-state index contributed by atoms with van der Waals surface area (Å²) in [7, 11) is -0.127. The predicted octanol–water partition coefficient (Wildman–Crippen LogP) is 3.28. The molecule has 1 aromatic rings. The first-order chi connectivity index (χ1) is 8.20. The van der Waals surface area contributed by atoms with Crippen molar-refractivity contribution in [3.05, 3.63) is 29.0 Å². The lowest BCUT2D eigenvalue weighted by atomic mass is 10.00. The van der Waals surface area contributed by atoms with Crippen molar-refractivity contribution in [3.8, 4) is 6.19 Å². The highest BCUT2D eigenvalue weighted by molar-refractivity contribution is 7.87. The third-order valence-corrected chi connectivity index (χ3v) is 5.26. The second kappa shape index (κ2) is 5.61. The molecule has 1 aromatic heterocycles. The van der Waals surface area contributed by atoms with Gasteiger partial charge in [0.1, 0.15) is 5.15 Å². The van der Waals surface area contributed by atoms with E-state index in [0.717, 1.165) is 19.3 Å². The van der Waals surface area contributed by atoms with Crippen molar-refractivity contribution in [2.24, 2.45) is 4.36 Å². The van der Waals surface area contributed by atoms with Gasteiger partial charge in [-0.1, -0.05) is 28.4 Å². The number of nitriles is 1. The maximum atomic E-state index is 8.58. The van der Waals surface area contributed by atoms with Crippen molar-refractivity contribution in [2.45, 2.75) is 30.4 Å². The summed E-state index contributed by atoms with van der Waals surface area (Å²) in [5.74, 6) is 0.550. The lowest BCUT2D eigenvalue weighted by Gasteiger charge is -2.11. The predicted molar refractivity (Wildman–Crippen MR) is 71.0 cm³/mol. The highest BCUT2D eigenvalue weighted by atomic mass is 35.5. The first-order valence-corrected chi connectivity index (χ1v) is 7.60. The number of halogens is 1. The minimum atomic E-state index is -0.127. The Morgan fingerprint density at radius 1 is 1.53 bits per heavy atom. The van der Waals surface area contributed by atoms with Crippen LogP contribution in [0.25, 0.3) is 0 Å². The molecular weight excluding hydrogens is 254 g/mol. The average molecular weight is 268 g/mol. The summed E-state index contributed by atoms with van der Waals surface area (Å²) < 4.78 is 3.95. The molecule has 0 saturated heterocycles. The van der Waals surface area contributed by atoms with Gasteiger partial charge in [0.25, 0.3) is 0 Å². The molecule has 2 rings (SSSR count). The molecular formula is C12H14ClN3S. The first kappa shape index (κ1) is 12.5. The molecule has 5 heteroatoms. The maximum Gasteiger partial charge on any atom is 0.212 e. The fourth-order valence-electron chi connectivity index (χ4n) is 2.32. The van der Waals surface area contributed by atoms with E-state index in [1.165, 1.54) is 5.56 Å². The lowest BCUT2D eigenvalue weighted by Crippen LogP contribution is -2.08. The van der Waals surface area contributed by atoms with Gasteiger partial charge in [-0.2, -0.15) is 9.62 Å². The SMILES string of the molecule is CS(=NC#N)[C@H]1CC[C@H](c2ccc(Cl)nc2)C1. The molecule has 1 aliphatic rings. The Hall–Kier alpha value is -0.920. The second-order valence-corrected chi connectivity index (χ2v) is 6.55. The zero-order chi connectivity index (χ0) is 12.3. The molecule has 90 valence electrons. The molecule has 3 atom stereocenters. The molecule has 17 heavy (non-hydrogen) atoms. The smallest absolute Gasteiger partial charge is 0.212 e. The Kier molecular flexibility index (Phi) is 4.14. The standard InChI is InChI=1S/C12H14ClN3S/c1-17(16-8-14)11-4-2-9(6-11)10-3-5-12(13)15-7-10/h3,5,7,9,11H,2,4,6H2,1H3/t9-,11-,17?/m0/s1. The fourth-order valence-corrected chi connectivity index (χ4v) is 3.70. The van der Waals surface area contributed by atoms with Gasteiger partial charge in [-0.25, -0.2) is 4.98 Å². The number of hydrogen-bond donors (Lipinski definition) is 0. The normalized spacial score (nSPS) is 25.7. The van der Waals surface area contributed by atoms with Crippen LogP contribution in [0.15, 0.2) is 22.7 Å². The Bertz CT molecular complexity index is 464. The maximum absolute atomic E-state index is 8.58. The minimum Gasteiger partial charge on any atom is -0.244 e. The Morgan fingerprint density at radius 2 is 2.35 bits per heavy atom. The number of rotatable bonds is 2. The summed E-state index contributed by atoms with van der Waals surface area (Å²) in [5.41, 5.74) is 1.26. The van der Waals surface area contributed by atoms with Crippen molar-refractivity contribution >= 4 is 22.3 Å². The third-order valence-electron chi connectivity index (χ3n) is 3.27. The molecule has 0 aromatic carbocycles. The molecule has 1 saturated carbocycles. The van der Waals surface area contributed by atoms with E-state index in [9.17, 15) is 0 Å². The lowest BCUT2D eigenvalue weighted by molar-refractivity contribution is 0.720. The molecule has 0 N–H and O–H groups in total. The van der Waals surface area contributed by atoms with E-state index in [1.54, 1.807) is 0 Å². The van der Waals surface area contributed by atoms with Crippen LogP contribution >= 0.6 is 11.6 Å². The number of pyridine rings is 1. The summed E-state index contributed by atoms with van der Waals surface area (Å²) >= 11 is 5.78. The zero-order valence-electron chi connectivity index (χ0n) is 9.64. The summed E-state index contributed by atoms with van der Waals surface area (Å²) in [4.78, 5) is 4.12. The van der Waals surface area contributed by atoms with E-state index < -0.39 is 0 Å². The van der Waals surface area contributed by atoms with Crippen molar-refractivity contribution in [2.75, 3.05) is 6.26 Å². The van der Waals surface area contributed by atoms with Gasteiger partial charge in [0.05, 0.1) is 0 Å². The van der Waals surface area contributed by atoms with E-state index in [1.807, 2.05) is 18.5 Å². The largest absolute Gasteiger partial charge is 0.244 e. The molecule has 0 amide bonds. The van der Waals surface area contributed by atoms with Gasteiger partial charge < -0.3 is 0 Å². The van der Waals surface area contributed by atoms with E-state index in [0.29, 0.717) is 16.3 Å². The van der Waals surface area contributed by atoms with Crippen LogP contribution in [0, 0.1) is 11.5 Å². The van der Waals surface area contributed by atoms with Crippen LogP contribution in [-0.2, 0) is 10.7 Å². The third kappa shape index (κ3) is 3.05. The van der Waals surface area contributed by atoms with E-state index in [2.05, 4.69) is 21.7 Å². The average Bonchev–Trinajstić information content (AvgIpc) is 2.80. The molecule has 1 unspecified atom stereocenters. The van der Waals surface area contributed by atoms with Crippen LogP contribution in [0.1, 0.15) is 30.7 Å². The van der Waals surface area contributed by atoms with Crippen LogP contribution < -0.4 is 0 Å². The molecule has 1 fully saturated rings. The van der Waals surface area contributed by atoms with Crippen LogP contribution in [0.4, 0.5) is 0 Å². The monoisotopic (exact) mass is 267 g/mol. The second-order valence-electron chi connectivity index (χ2n) is 4.26. The van der Waals surface area contributed by atoms with Gasteiger partial charge in [-0.3, -0.25) is 0 Å². The quantitative estimate of drug-likeness (QED) is 0.610. The Labute approximate surface area is 109 Å². The molecule has 0 spiro atoms. The minimum absolute atomic E-state index is 0.127. The highest BCUT2D eigenvalue weighted by Gasteiger charge is 2.27. The fraction of sp³-hybridized carbons (Fsp3) is 0.500. The zero-order valence-corrected chi connectivity index (χ0v) is 11.2. The van der Waals surface area contributed by atoms with E-state index in [-0.39, 0.29) is 10.7 Å². The summed E-state index contributed by atoms with van der Waals surface area (Å²) in [6.45, 7) is 0. The number of nitrogens with zero attached hydrogens (tertiary/aromatic N) is 3. The van der Waals surface area contributed by atoms with Crippen LogP contribution in [0.2, 0.25) is 5.15 Å². The van der Waals surface area contributed by atoms with Crippen LogP contribution in [0.5, 0.6) is 0 Å². The van der Waals surface area contributed by atoms with Crippen LogP contribution in [0.3, 0.4) is 0 Å². The molecule has 0 radical (unpaired) electrons. The van der Waals surface area contributed by atoms with Gasteiger partial charge >= 0.3 is 0 Å². The van der Waals surface area contributed by atoms with Gasteiger partial charge in [0.2, 0.25) is 6.19 Å². The van der Waals surface area contributed by atoms with Crippen molar-refractivity contribution in [1.82, 2.24) is 4.98 Å². The van der Waals surface area contributed by atoms with Gasteiger partial charge in [0.15, 0.2) is 0 Å². The number of hydrogen-bond acceptors (Lipinski definition) is 3. The first-order valence-electron chi connectivity index (χ1n) is 5.57. The molecule has 3 nitrogen and oxygen atoms in total. The molecule has 0 aliphatic heterocycles. The summed E-state index contributed by atoms with van der Waals surface area (Å²) in [5, 5.41) is 9.67. The molecule has 1 aliphatic carbocycles. The summed E-state index contributed by atoms with van der Waals surface area (Å²) in [6, 6.07) is 3.90. The van der Waals surface area contributed by atoms with Gasteiger partial charge in [-0.05, 0) is 43.1 Å². The Balaban J connectivity index is 2.06. The van der Waals surface area contributed by atoms with E-state index in [4.69, 9.17) is 16.9 Å². The molecule has 0 bridgehead atoms. The van der Waals surface area contributed by atoms with Crippen LogP contribution in [-0.4, -0.2) is 16.5 Å². The van der Waals surface area contributed by atoms with Gasteiger partial charge in [0, 0.05) is 11.4 Å². The number of aromatic nitrogens is 1. The van der Waals surface area contributed by atoms with Gasteiger partial charge in [-0.15, -0.1) is 0 Å². The molecule has 1 heterocycles. The van der Waals surface area contributed by atoms with Crippen molar-refractivity contribution < 1.29 is 0 Å². The van der Waals surface area contributed by atoms with E-state index >= 15 is 0 Å². The topological polar surface area (TPSA) is 49.0 Å². The highest BCUT2D eigenvalue weighted by Crippen LogP contribution is 2.36. The Morgan fingerprint density at radius 3 is 3.00 bits per heavy atom. The van der Waals surface area contributed by atoms with Crippen molar-refractivity contribution in [3.63, 3.8) is 0 Å². The summed E-state index contributed by atoms with van der Waals surface area (Å²) in [6.07, 6.45) is 9.25.